The first-order valence-corrected chi connectivity index (χ1v) is 11.6. The summed E-state index contributed by atoms with van der Waals surface area (Å²) in [5, 5.41) is 4.13. The lowest BCUT2D eigenvalue weighted by atomic mass is 9.96. The zero-order chi connectivity index (χ0) is 19.3. The fraction of sp³-hybridized carbons (Fsp3) is 0.381. The molecule has 0 unspecified atom stereocenters. The van der Waals surface area contributed by atoms with Gasteiger partial charge in [-0.2, -0.15) is 0 Å². The second-order valence-corrected chi connectivity index (χ2v) is 8.81. The van der Waals surface area contributed by atoms with Crippen LogP contribution in [0, 0.1) is 5.92 Å². The summed E-state index contributed by atoms with van der Waals surface area (Å²) in [6.45, 7) is 2.43. The predicted octanol–water partition coefficient (Wildman–Crippen LogP) is 3.99. The molecule has 2 aromatic heterocycles. The third kappa shape index (κ3) is 4.47. The fourth-order valence-electron chi connectivity index (χ4n) is 3.49. The molecule has 1 N–H and O–H groups in total. The number of fused-ring (bicyclic) bond motifs is 1. The number of hydrogen-bond acceptors (Lipinski definition) is 6. The molecule has 3 heterocycles. The number of thioether (sulfide) groups is 1. The van der Waals surface area contributed by atoms with Crippen molar-refractivity contribution in [2.75, 3.05) is 30.8 Å². The van der Waals surface area contributed by atoms with Crippen molar-refractivity contribution < 1.29 is 4.79 Å². The van der Waals surface area contributed by atoms with E-state index in [2.05, 4.69) is 50.7 Å². The first-order chi connectivity index (χ1) is 13.7. The Morgan fingerprint density at radius 1 is 1.25 bits per heavy atom. The third-order valence-corrected chi connectivity index (χ3v) is 6.95. The SMILES string of the molecule is CSc1ccc(CCNC(=O)C2CCN(c3nc4cccnc4s3)CC2)cc1. The minimum Gasteiger partial charge on any atom is -0.356 e. The van der Waals surface area contributed by atoms with Crippen molar-refractivity contribution >= 4 is 44.5 Å². The van der Waals surface area contributed by atoms with E-state index >= 15 is 0 Å². The number of carbonyl (C=O) groups is 1. The Labute approximate surface area is 173 Å². The van der Waals surface area contributed by atoms with Crippen LogP contribution in [0.5, 0.6) is 0 Å². The highest BCUT2D eigenvalue weighted by molar-refractivity contribution is 7.98. The van der Waals surface area contributed by atoms with Crippen LogP contribution in [0.3, 0.4) is 0 Å². The van der Waals surface area contributed by atoms with Gasteiger partial charge in [0.25, 0.3) is 0 Å². The maximum atomic E-state index is 12.5. The van der Waals surface area contributed by atoms with E-state index in [0.29, 0.717) is 6.54 Å². The number of anilines is 1. The Morgan fingerprint density at radius 3 is 2.75 bits per heavy atom. The topological polar surface area (TPSA) is 58.1 Å². The Morgan fingerprint density at radius 2 is 2.04 bits per heavy atom. The van der Waals surface area contributed by atoms with Gasteiger partial charge >= 0.3 is 0 Å². The van der Waals surface area contributed by atoms with Crippen molar-refractivity contribution in [3.63, 3.8) is 0 Å². The van der Waals surface area contributed by atoms with Crippen LogP contribution in [0.15, 0.2) is 47.5 Å². The number of hydrogen-bond donors (Lipinski definition) is 1. The third-order valence-electron chi connectivity index (χ3n) is 5.16. The molecule has 0 atom stereocenters. The quantitative estimate of drug-likeness (QED) is 0.621. The Kier molecular flexibility index (Phi) is 6.12. The predicted molar refractivity (Wildman–Crippen MR) is 117 cm³/mol. The molecular weight excluding hydrogens is 388 g/mol. The van der Waals surface area contributed by atoms with Crippen LogP contribution in [0.25, 0.3) is 10.3 Å². The van der Waals surface area contributed by atoms with E-state index in [-0.39, 0.29) is 11.8 Å². The minimum absolute atomic E-state index is 0.0996. The number of nitrogens with zero attached hydrogens (tertiary/aromatic N) is 3. The van der Waals surface area contributed by atoms with E-state index in [0.717, 1.165) is 47.8 Å². The molecule has 0 spiro atoms. The summed E-state index contributed by atoms with van der Waals surface area (Å²) in [6.07, 6.45) is 6.50. The summed E-state index contributed by atoms with van der Waals surface area (Å²) in [6, 6.07) is 12.5. The average Bonchev–Trinajstić information content (AvgIpc) is 3.18. The van der Waals surface area contributed by atoms with Crippen LogP contribution in [-0.4, -0.2) is 41.8 Å². The molecule has 1 saturated heterocycles. The maximum Gasteiger partial charge on any atom is 0.223 e. The lowest BCUT2D eigenvalue weighted by molar-refractivity contribution is -0.125. The summed E-state index contributed by atoms with van der Waals surface area (Å²) < 4.78 is 0. The molecule has 5 nitrogen and oxygen atoms in total. The summed E-state index contributed by atoms with van der Waals surface area (Å²) in [7, 11) is 0. The molecule has 146 valence electrons. The number of piperidine rings is 1. The highest BCUT2D eigenvalue weighted by Crippen LogP contribution is 2.30. The zero-order valence-electron chi connectivity index (χ0n) is 15.9. The lowest BCUT2D eigenvalue weighted by Crippen LogP contribution is -2.41. The van der Waals surface area contributed by atoms with Crippen molar-refractivity contribution in [3.05, 3.63) is 48.2 Å². The summed E-state index contributed by atoms with van der Waals surface area (Å²) in [5.74, 6) is 0.286. The molecule has 0 radical (unpaired) electrons. The number of pyridine rings is 1. The minimum atomic E-state index is 0.0996. The average molecular weight is 413 g/mol. The molecule has 1 amide bonds. The van der Waals surface area contributed by atoms with E-state index in [1.807, 2.05) is 12.1 Å². The van der Waals surface area contributed by atoms with Gasteiger partial charge in [0.05, 0.1) is 0 Å². The van der Waals surface area contributed by atoms with Crippen molar-refractivity contribution in [2.24, 2.45) is 5.92 Å². The van der Waals surface area contributed by atoms with Gasteiger partial charge in [-0.05, 0) is 55.3 Å². The van der Waals surface area contributed by atoms with E-state index in [1.54, 1.807) is 29.3 Å². The molecule has 4 rings (SSSR count). The summed E-state index contributed by atoms with van der Waals surface area (Å²) >= 11 is 3.37. The van der Waals surface area contributed by atoms with Crippen LogP contribution >= 0.6 is 23.1 Å². The summed E-state index contributed by atoms with van der Waals surface area (Å²) in [4.78, 5) is 26.1. The van der Waals surface area contributed by atoms with Crippen LogP contribution in [0.1, 0.15) is 18.4 Å². The number of benzene rings is 1. The highest BCUT2D eigenvalue weighted by Gasteiger charge is 2.26. The molecule has 1 aliphatic rings. The molecule has 7 heteroatoms. The van der Waals surface area contributed by atoms with Gasteiger partial charge in [-0.25, -0.2) is 9.97 Å². The normalized spacial score (nSPS) is 15.1. The Balaban J connectivity index is 1.24. The fourth-order valence-corrected chi connectivity index (χ4v) is 4.86. The molecule has 0 bridgehead atoms. The molecule has 0 saturated carbocycles. The van der Waals surface area contributed by atoms with Gasteiger partial charge in [-0.1, -0.05) is 23.5 Å². The van der Waals surface area contributed by atoms with E-state index in [1.165, 1.54) is 10.5 Å². The lowest BCUT2D eigenvalue weighted by Gasteiger charge is -2.31. The number of nitrogens with one attached hydrogen (secondary N) is 1. The second-order valence-electron chi connectivity index (χ2n) is 6.97. The molecule has 1 aromatic carbocycles. The van der Waals surface area contributed by atoms with Gasteiger partial charge in [0, 0.05) is 36.6 Å². The first kappa shape index (κ1) is 19.2. The van der Waals surface area contributed by atoms with Gasteiger partial charge in [0.1, 0.15) is 10.3 Å². The van der Waals surface area contributed by atoms with E-state index in [9.17, 15) is 4.79 Å². The monoisotopic (exact) mass is 412 g/mol. The van der Waals surface area contributed by atoms with Crippen LogP contribution < -0.4 is 10.2 Å². The molecule has 28 heavy (non-hydrogen) atoms. The second kappa shape index (κ2) is 8.92. The van der Waals surface area contributed by atoms with Crippen LogP contribution in [-0.2, 0) is 11.2 Å². The highest BCUT2D eigenvalue weighted by atomic mass is 32.2. The van der Waals surface area contributed by atoms with E-state index in [4.69, 9.17) is 0 Å². The number of rotatable bonds is 6. The van der Waals surface area contributed by atoms with Gasteiger partial charge < -0.3 is 10.2 Å². The molecule has 1 aliphatic heterocycles. The van der Waals surface area contributed by atoms with Crippen molar-refractivity contribution in [2.45, 2.75) is 24.2 Å². The Bertz CT molecular complexity index is 900. The maximum absolute atomic E-state index is 12.5. The smallest absolute Gasteiger partial charge is 0.223 e. The standard InChI is InChI=1S/C21H24N4OS2/c1-27-17-6-4-15(5-7-17)8-12-22-19(26)16-9-13-25(14-10-16)21-24-18-3-2-11-23-20(18)28-21/h2-7,11,16H,8-10,12-14H2,1H3,(H,22,26). The number of aromatic nitrogens is 2. The number of amides is 1. The zero-order valence-corrected chi connectivity index (χ0v) is 17.6. The number of thiazole rings is 1. The van der Waals surface area contributed by atoms with Gasteiger partial charge in [-0.15, -0.1) is 11.8 Å². The van der Waals surface area contributed by atoms with Gasteiger partial charge in [0.15, 0.2) is 5.13 Å². The molecular formula is C21H24N4OS2. The number of carbonyl (C=O) groups excluding carboxylic acids is 1. The van der Waals surface area contributed by atoms with Crippen molar-refractivity contribution in [1.82, 2.24) is 15.3 Å². The van der Waals surface area contributed by atoms with Crippen molar-refractivity contribution in [3.8, 4) is 0 Å². The Hall–Kier alpha value is -2.12. The van der Waals surface area contributed by atoms with Gasteiger partial charge in [0.2, 0.25) is 5.91 Å². The van der Waals surface area contributed by atoms with Gasteiger partial charge in [-0.3, -0.25) is 4.79 Å². The van der Waals surface area contributed by atoms with Crippen LogP contribution in [0.2, 0.25) is 0 Å². The molecule has 1 fully saturated rings. The molecule has 3 aromatic rings. The van der Waals surface area contributed by atoms with Crippen LogP contribution in [0.4, 0.5) is 5.13 Å². The summed E-state index contributed by atoms with van der Waals surface area (Å²) in [5.41, 5.74) is 2.21. The van der Waals surface area contributed by atoms with Crippen molar-refractivity contribution in [1.29, 1.82) is 0 Å². The first-order valence-electron chi connectivity index (χ1n) is 9.60. The van der Waals surface area contributed by atoms with E-state index < -0.39 is 0 Å². The molecule has 0 aliphatic carbocycles. The largest absolute Gasteiger partial charge is 0.356 e.